The van der Waals surface area contributed by atoms with E-state index in [0.717, 1.165) is 0 Å². The maximum Gasteiger partial charge on any atom is -0.0348 e. The fraction of sp³-hybridized carbons (Fsp3) is 0.714. The van der Waals surface area contributed by atoms with Gasteiger partial charge in [-0.3, -0.25) is 0 Å². The number of allylic oxidation sites excluding steroid dienone is 6. The number of hydrogen-bond donors (Lipinski definition) is 0. The minimum atomic E-state index is 1.24. The van der Waals surface area contributed by atoms with Gasteiger partial charge in [0.2, 0.25) is 0 Å². The van der Waals surface area contributed by atoms with Crippen molar-refractivity contribution in [1.82, 2.24) is 0 Å². The van der Waals surface area contributed by atoms with Gasteiger partial charge in [-0.25, -0.2) is 0 Å². The van der Waals surface area contributed by atoms with Crippen LogP contribution in [0.25, 0.3) is 0 Å². The van der Waals surface area contributed by atoms with Gasteiger partial charge in [-0.2, -0.15) is 0 Å². The molecule has 0 fully saturated rings. The molecule has 21 heavy (non-hydrogen) atoms. The zero-order chi connectivity index (χ0) is 14.8. The molecule has 0 aromatic carbocycles. The van der Waals surface area contributed by atoms with Gasteiger partial charge >= 0.3 is 0 Å². The molecule has 0 spiro atoms. The molecule has 0 atom stereocenters. The van der Waals surface area contributed by atoms with Gasteiger partial charge in [-0.1, -0.05) is 107 Å². The molecule has 1 aliphatic carbocycles. The molecule has 0 nitrogen and oxygen atoms in total. The Morgan fingerprint density at radius 3 is 0.905 bits per heavy atom. The lowest BCUT2D eigenvalue weighted by atomic mass is 10.0. The normalized spacial score (nSPS) is 24.8. The first-order valence-electron chi connectivity index (χ1n) is 9.48. The zero-order valence-corrected chi connectivity index (χ0v) is 14.1. The van der Waals surface area contributed by atoms with Crippen molar-refractivity contribution in [3.05, 3.63) is 36.5 Å². The Morgan fingerprint density at radius 1 is 0.286 bits per heavy atom. The summed E-state index contributed by atoms with van der Waals surface area (Å²) in [5.41, 5.74) is 0. The van der Waals surface area contributed by atoms with Crippen LogP contribution in [0.15, 0.2) is 36.5 Å². The summed E-state index contributed by atoms with van der Waals surface area (Å²) in [5.74, 6) is 0. The highest BCUT2D eigenvalue weighted by atomic mass is 14.0. The van der Waals surface area contributed by atoms with Gasteiger partial charge in [0.25, 0.3) is 0 Å². The van der Waals surface area contributed by atoms with Crippen LogP contribution in [-0.2, 0) is 0 Å². The second-order valence-electron chi connectivity index (χ2n) is 6.41. The van der Waals surface area contributed by atoms with Crippen molar-refractivity contribution in [3.8, 4) is 0 Å². The van der Waals surface area contributed by atoms with Crippen LogP contribution < -0.4 is 0 Å². The van der Waals surface area contributed by atoms with Gasteiger partial charge in [-0.05, 0) is 25.7 Å². The molecule has 0 aromatic rings. The Bertz CT molecular complexity index is 254. The molecule has 0 saturated carbocycles. The summed E-state index contributed by atoms with van der Waals surface area (Å²) in [6.45, 7) is 0. The average molecular weight is 289 g/mol. The van der Waals surface area contributed by atoms with Crippen LogP contribution in [0.2, 0.25) is 0 Å². The largest absolute Gasteiger partial charge is 0.0845 e. The minimum absolute atomic E-state index is 1.24. The van der Waals surface area contributed by atoms with Crippen molar-refractivity contribution < 1.29 is 0 Å². The minimum Gasteiger partial charge on any atom is -0.0845 e. The molecule has 0 amide bonds. The maximum absolute atomic E-state index is 2.31. The van der Waals surface area contributed by atoms with Gasteiger partial charge < -0.3 is 0 Å². The molecule has 120 valence electrons. The van der Waals surface area contributed by atoms with Crippen molar-refractivity contribution in [2.24, 2.45) is 0 Å². The molecule has 0 unspecified atom stereocenters. The highest BCUT2D eigenvalue weighted by molar-refractivity contribution is 5.10. The van der Waals surface area contributed by atoms with Crippen LogP contribution in [0.1, 0.15) is 96.3 Å². The summed E-state index contributed by atoms with van der Waals surface area (Å²) in [7, 11) is 0. The van der Waals surface area contributed by atoms with E-state index in [2.05, 4.69) is 36.5 Å². The van der Waals surface area contributed by atoms with E-state index >= 15 is 0 Å². The fourth-order valence-electron chi connectivity index (χ4n) is 2.95. The van der Waals surface area contributed by atoms with E-state index in [1.807, 2.05) is 0 Å². The quantitative estimate of drug-likeness (QED) is 0.432. The first-order valence-corrected chi connectivity index (χ1v) is 9.48. The molecule has 0 aliphatic heterocycles. The molecule has 1 rings (SSSR count). The van der Waals surface area contributed by atoms with Crippen LogP contribution >= 0.6 is 0 Å². The van der Waals surface area contributed by atoms with Crippen molar-refractivity contribution in [2.45, 2.75) is 96.3 Å². The monoisotopic (exact) mass is 288 g/mol. The Hall–Kier alpha value is -0.780. The Morgan fingerprint density at radius 2 is 0.571 bits per heavy atom. The van der Waals surface area contributed by atoms with E-state index in [1.165, 1.54) is 96.3 Å². The van der Waals surface area contributed by atoms with Crippen molar-refractivity contribution in [2.75, 3.05) is 0 Å². The zero-order valence-electron chi connectivity index (χ0n) is 14.1. The smallest absolute Gasteiger partial charge is 0.0348 e. The number of hydrogen-bond acceptors (Lipinski definition) is 0. The van der Waals surface area contributed by atoms with Gasteiger partial charge in [0, 0.05) is 0 Å². The molecule has 1 aliphatic rings. The summed E-state index contributed by atoms with van der Waals surface area (Å²) in [4.78, 5) is 0. The third-order valence-corrected chi connectivity index (χ3v) is 4.35. The molecule has 0 N–H and O–H groups in total. The first kappa shape index (κ1) is 18.3. The molecular formula is C21H36. The second-order valence-corrected chi connectivity index (χ2v) is 6.41. The van der Waals surface area contributed by atoms with Crippen molar-refractivity contribution in [3.63, 3.8) is 0 Å². The van der Waals surface area contributed by atoms with Crippen molar-refractivity contribution in [1.29, 1.82) is 0 Å². The summed E-state index contributed by atoms with van der Waals surface area (Å²) in [6, 6.07) is 0. The molecule has 0 heteroatoms. The highest BCUT2D eigenvalue weighted by Gasteiger charge is 1.93. The van der Waals surface area contributed by atoms with Crippen LogP contribution in [-0.4, -0.2) is 0 Å². The number of rotatable bonds is 0. The fourth-order valence-corrected chi connectivity index (χ4v) is 2.95. The Labute approximate surface area is 133 Å². The predicted molar refractivity (Wildman–Crippen MR) is 96.7 cm³/mol. The Kier molecular flexibility index (Phi) is 13.6. The Balaban J connectivity index is 2.17. The lowest BCUT2D eigenvalue weighted by molar-refractivity contribution is 0.538. The van der Waals surface area contributed by atoms with E-state index in [-0.39, 0.29) is 0 Å². The van der Waals surface area contributed by atoms with Crippen LogP contribution in [0, 0.1) is 0 Å². The summed E-state index contributed by atoms with van der Waals surface area (Å²) < 4.78 is 0. The van der Waals surface area contributed by atoms with E-state index in [1.54, 1.807) is 0 Å². The maximum atomic E-state index is 2.31. The SMILES string of the molecule is C1=CCCCCCCCCCCCCCCC/C=C/C=C/1. The van der Waals surface area contributed by atoms with E-state index in [9.17, 15) is 0 Å². The third kappa shape index (κ3) is 13.9. The lowest BCUT2D eigenvalue weighted by Crippen LogP contribution is -1.83. The predicted octanol–water partition coefficient (Wildman–Crippen LogP) is 7.52. The molecule has 0 bridgehead atoms. The summed E-state index contributed by atoms with van der Waals surface area (Å²) in [5, 5.41) is 0. The first-order chi connectivity index (χ1) is 10.5. The van der Waals surface area contributed by atoms with E-state index < -0.39 is 0 Å². The standard InChI is InChI=1S/C21H36/c1-2-4-6-8-10-12-14-16-18-20-21-19-17-15-13-11-9-7-5-3-1/h1-6H,7-21H2/b2-1+,5-3+,6-4?. The molecule has 0 heterocycles. The third-order valence-electron chi connectivity index (χ3n) is 4.35. The molecular weight excluding hydrogens is 252 g/mol. The molecule has 0 saturated heterocycles. The van der Waals surface area contributed by atoms with Gasteiger partial charge in [-0.15, -0.1) is 0 Å². The van der Waals surface area contributed by atoms with Crippen LogP contribution in [0.5, 0.6) is 0 Å². The van der Waals surface area contributed by atoms with Gasteiger partial charge in [0.05, 0.1) is 0 Å². The second kappa shape index (κ2) is 15.6. The van der Waals surface area contributed by atoms with Gasteiger partial charge in [0.1, 0.15) is 0 Å². The summed E-state index contributed by atoms with van der Waals surface area (Å²) >= 11 is 0. The highest BCUT2D eigenvalue weighted by Crippen LogP contribution is 2.13. The lowest BCUT2D eigenvalue weighted by Gasteiger charge is -2.02. The topological polar surface area (TPSA) is 0 Å². The van der Waals surface area contributed by atoms with Crippen LogP contribution in [0.3, 0.4) is 0 Å². The van der Waals surface area contributed by atoms with E-state index in [4.69, 9.17) is 0 Å². The van der Waals surface area contributed by atoms with Crippen LogP contribution in [0.4, 0.5) is 0 Å². The van der Waals surface area contributed by atoms with Crippen molar-refractivity contribution >= 4 is 0 Å². The molecule has 0 aromatic heterocycles. The summed E-state index contributed by atoms with van der Waals surface area (Å²) in [6.07, 6.45) is 34.5. The van der Waals surface area contributed by atoms with E-state index in [0.29, 0.717) is 0 Å². The average Bonchev–Trinajstić information content (AvgIpc) is 2.50. The molecule has 0 radical (unpaired) electrons. The van der Waals surface area contributed by atoms with Gasteiger partial charge in [0.15, 0.2) is 0 Å².